The standard InChI is InChI=1S/C32H29FN2O5/c1-20-16-23(29-34-25-14-15-27(35-30(25)40-29)39-26-13-9-8-12-24(26)33)17-21(2)28(20)38-19-32(3,4)31(36)37-18-22-10-6-5-7-11-22/h5-17H,18-19H2,1-4H3. The van der Waals surface area contributed by atoms with Crippen LogP contribution in [0.2, 0.25) is 0 Å². The molecule has 2 aromatic heterocycles. The Morgan fingerprint density at radius 3 is 2.35 bits per heavy atom. The first-order valence-corrected chi connectivity index (χ1v) is 12.9. The van der Waals surface area contributed by atoms with E-state index in [1.165, 1.54) is 12.1 Å². The van der Waals surface area contributed by atoms with E-state index in [0.717, 1.165) is 22.3 Å². The van der Waals surface area contributed by atoms with Gasteiger partial charge in [-0.05, 0) is 74.7 Å². The zero-order chi connectivity index (χ0) is 28.3. The second-order valence-corrected chi connectivity index (χ2v) is 10.2. The van der Waals surface area contributed by atoms with E-state index >= 15 is 0 Å². The van der Waals surface area contributed by atoms with E-state index in [4.69, 9.17) is 18.6 Å². The summed E-state index contributed by atoms with van der Waals surface area (Å²) in [6, 6.07) is 22.8. The third-order valence-electron chi connectivity index (χ3n) is 6.33. The number of pyridine rings is 1. The van der Waals surface area contributed by atoms with Gasteiger partial charge in [0.15, 0.2) is 11.6 Å². The summed E-state index contributed by atoms with van der Waals surface area (Å²) in [4.78, 5) is 21.6. The van der Waals surface area contributed by atoms with Crippen LogP contribution in [-0.4, -0.2) is 22.5 Å². The first-order chi connectivity index (χ1) is 19.2. The number of fused-ring (bicyclic) bond motifs is 1. The minimum Gasteiger partial charge on any atom is -0.492 e. The molecule has 0 aliphatic heterocycles. The lowest BCUT2D eigenvalue weighted by atomic mass is 9.95. The van der Waals surface area contributed by atoms with Crippen molar-refractivity contribution in [2.24, 2.45) is 5.41 Å². The van der Waals surface area contributed by atoms with E-state index in [-0.39, 0.29) is 36.5 Å². The Kier molecular flexibility index (Phi) is 7.51. The highest BCUT2D eigenvalue weighted by atomic mass is 19.1. The van der Waals surface area contributed by atoms with Gasteiger partial charge in [0.05, 0.1) is 5.41 Å². The zero-order valence-corrected chi connectivity index (χ0v) is 22.7. The summed E-state index contributed by atoms with van der Waals surface area (Å²) in [7, 11) is 0. The molecule has 3 aromatic carbocycles. The number of carbonyl (C=O) groups is 1. The molecule has 0 aliphatic carbocycles. The SMILES string of the molecule is Cc1cc(-c2nc3ccc(Oc4ccccc4F)nc3o2)cc(C)c1OCC(C)(C)C(=O)OCc1ccccc1. The molecule has 5 rings (SSSR count). The summed E-state index contributed by atoms with van der Waals surface area (Å²) in [6.45, 7) is 7.82. The smallest absolute Gasteiger partial charge is 0.315 e. The van der Waals surface area contributed by atoms with Gasteiger partial charge >= 0.3 is 5.97 Å². The van der Waals surface area contributed by atoms with E-state index in [0.29, 0.717) is 17.2 Å². The maximum Gasteiger partial charge on any atom is 0.315 e. The molecule has 0 atom stereocenters. The molecule has 0 radical (unpaired) electrons. The van der Waals surface area contributed by atoms with Crippen molar-refractivity contribution in [2.75, 3.05) is 6.61 Å². The van der Waals surface area contributed by atoms with E-state index < -0.39 is 11.2 Å². The second-order valence-electron chi connectivity index (χ2n) is 10.2. The van der Waals surface area contributed by atoms with Crippen molar-refractivity contribution in [3.05, 3.63) is 101 Å². The van der Waals surface area contributed by atoms with E-state index in [1.807, 2.05) is 56.3 Å². The predicted molar refractivity (Wildman–Crippen MR) is 149 cm³/mol. The molecule has 0 fully saturated rings. The summed E-state index contributed by atoms with van der Waals surface area (Å²) in [5, 5.41) is 0. The van der Waals surface area contributed by atoms with Gasteiger partial charge in [-0.1, -0.05) is 42.5 Å². The van der Waals surface area contributed by atoms with E-state index in [2.05, 4.69) is 9.97 Å². The molecule has 5 aromatic rings. The van der Waals surface area contributed by atoms with Gasteiger partial charge in [0.1, 0.15) is 24.5 Å². The number of hydrogen-bond acceptors (Lipinski definition) is 7. The van der Waals surface area contributed by atoms with Gasteiger partial charge in [-0.2, -0.15) is 4.98 Å². The minimum absolute atomic E-state index is 0.0727. The quantitative estimate of drug-likeness (QED) is 0.178. The lowest BCUT2D eigenvalue weighted by Gasteiger charge is -2.24. The lowest BCUT2D eigenvalue weighted by molar-refractivity contribution is -0.157. The Bertz CT molecular complexity index is 1640. The van der Waals surface area contributed by atoms with Crippen LogP contribution in [0.3, 0.4) is 0 Å². The van der Waals surface area contributed by atoms with Gasteiger partial charge in [0, 0.05) is 11.6 Å². The Morgan fingerprint density at radius 1 is 0.925 bits per heavy atom. The first kappa shape index (κ1) is 26.9. The van der Waals surface area contributed by atoms with Crippen molar-refractivity contribution < 1.29 is 27.8 Å². The number of benzene rings is 3. The number of ether oxygens (including phenoxy) is 3. The highest BCUT2D eigenvalue weighted by molar-refractivity contribution is 5.76. The van der Waals surface area contributed by atoms with Crippen LogP contribution in [0.4, 0.5) is 4.39 Å². The number of hydrogen-bond donors (Lipinski definition) is 0. The highest BCUT2D eigenvalue weighted by Crippen LogP contribution is 2.33. The topological polar surface area (TPSA) is 83.7 Å². The fraction of sp³-hybridized carbons (Fsp3) is 0.219. The number of esters is 1. The number of carbonyl (C=O) groups excluding carboxylic acids is 1. The van der Waals surface area contributed by atoms with Crippen molar-refractivity contribution >= 4 is 17.2 Å². The van der Waals surface area contributed by atoms with Crippen molar-refractivity contribution in [2.45, 2.75) is 34.3 Å². The fourth-order valence-electron chi connectivity index (χ4n) is 4.15. The third-order valence-corrected chi connectivity index (χ3v) is 6.33. The highest BCUT2D eigenvalue weighted by Gasteiger charge is 2.31. The van der Waals surface area contributed by atoms with Crippen LogP contribution in [0.25, 0.3) is 22.7 Å². The summed E-state index contributed by atoms with van der Waals surface area (Å²) in [5.41, 5.74) is 3.37. The molecule has 0 bridgehead atoms. The lowest BCUT2D eigenvalue weighted by Crippen LogP contribution is -2.33. The molecule has 0 saturated carbocycles. The molecule has 0 amide bonds. The average molecular weight is 541 g/mol. The van der Waals surface area contributed by atoms with Crippen molar-refractivity contribution in [3.63, 3.8) is 0 Å². The largest absolute Gasteiger partial charge is 0.492 e. The van der Waals surface area contributed by atoms with Crippen molar-refractivity contribution in [1.82, 2.24) is 9.97 Å². The molecule has 2 heterocycles. The van der Waals surface area contributed by atoms with Crippen LogP contribution in [0.1, 0.15) is 30.5 Å². The maximum atomic E-state index is 14.0. The van der Waals surface area contributed by atoms with Crippen LogP contribution >= 0.6 is 0 Å². The minimum atomic E-state index is -0.846. The third kappa shape index (κ3) is 5.96. The number of aryl methyl sites for hydroxylation is 2. The van der Waals surface area contributed by atoms with E-state index in [1.54, 1.807) is 38.1 Å². The Labute approximate surface area is 231 Å². The molecule has 0 spiro atoms. The number of nitrogens with zero attached hydrogens (tertiary/aromatic N) is 2. The van der Waals surface area contributed by atoms with Gasteiger partial charge in [-0.15, -0.1) is 0 Å². The average Bonchev–Trinajstić information content (AvgIpc) is 3.36. The normalized spacial score (nSPS) is 11.4. The van der Waals surface area contributed by atoms with Crippen LogP contribution < -0.4 is 9.47 Å². The van der Waals surface area contributed by atoms with Gasteiger partial charge in [-0.25, -0.2) is 9.37 Å². The Morgan fingerprint density at radius 2 is 1.62 bits per heavy atom. The molecule has 0 saturated heterocycles. The number of aromatic nitrogens is 2. The number of rotatable bonds is 9. The van der Waals surface area contributed by atoms with E-state index in [9.17, 15) is 9.18 Å². The molecule has 0 unspecified atom stereocenters. The van der Waals surface area contributed by atoms with Crippen LogP contribution in [0, 0.1) is 25.1 Å². The van der Waals surface area contributed by atoms with Gasteiger partial charge < -0.3 is 18.6 Å². The predicted octanol–water partition coefficient (Wildman–Crippen LogP) is 7.59. The molecule has 0 N–H and O–H groups in total. The fourth-order valence-corrected chi connectivity index (χ4v) is 4.15. The van der Waals surface area contributed by atoms with Crippen molar-refractivity contribution in [1.29, 1.82) is 0 Å². The van der Waals surface area contributed by atoms with Crippen LogP contribution in [-0.2, 0) is 16.1 Å². The van der Waals surface area contributed by atoms with Gasteiger partial charge in [-0.3, -0.25) is 4.79 Å². The summed E-state index contributed by atoms with van der Waals surface area (Å²) >= 11 is 0. The van der Waals surface area contributed by atoms with Crippen molar-refractivity contribution in [3.8, 4) is 28.8 Å². The van der Waals surface area contributed by atoms with Crippen LogP contribution in [0.5, 0.6) is 17.4 Å². The van der Waals surface area contributed by atoms with Gasteiger partial charge in [0.2, 0.25) is 11.8 Å². The zero-order valence-electron chi connectivity index (χ0n) is 22.7. The second kappa shape index (κ2) is 11.2. The Hall–Kier alpha value is -4.72. The molecule has 204 valence electrons. The van der Waals surface area contributed by atoms with Crippen LogP contribution in [0.15, 0.2) is 83.3 Å². The summed E-state index contributed by atoms with van der Waals surface area (Å²) in [5.74, 6) is 0.518. The molecule has 40 heavy (non-hydrogen) atoms. The Balaban J connectivity index is 1.28. The molecule has 7 nitrogen and oxygen atoms in total. The molecular weight excluding hydrogens is 511 g/mol. The molecule has 0 aliphatic rings. The number of oxazole rings is 1. The molecule has 8 heteroatoms. The summed E-state index contributed by atoms with van der Waals surface area (Å²) in [6.07, 6.45) is 0. The first-order valence-electron chi connectivity index (χ1n) is 12.9. The number of para-hydroxylation sites is 1. The monoisotopic (exact) mass is 540 g/mol. The molecular formula is C32H29FN2O5. The van der Waals surface area contributed by atoms with Gasteiger partial charge in [0.25, 0.3) is 5.71 Å². The maximum absolute atomic E-state index is 14.0. The summed E-state index contributed by atoms with van der Waals surface area (Å²) < 4.78 is 37.1. The number of halogens is 1.